The van der Waals surface area contributed by atoms with Gasteiger partial charge in [0.15, 0.2) is 5.69 Å². The molecule has 0 aliphatic carbocycles. The van der Waals surface area contributed by atoms with E-state index in [-0.39, 0.29) is 0 Å². The van der Waals surface area contributed by atoms with Gasteiger partial charge in [0.2, 0.25) is 0 Å². The summed E-state index contributed by atoms with van der Waals surface area (Å²) < 4.78 is 7.51. The van der Waals surface area contributed by atoms with E-state index < -0.39 is 0 Å². The largest absolute Gasteiger partial charge is 0.381 e. The fourth-order valence-corrected chi connectivity index (χ4v) is 4.78. The van der Waals surface area contributed by atoms with Crippen molar-refractivity contribution in [2.24, 2.45) is 5.41 Å². The van der Waals surface area contributed by atoms with E-state index in [2.05, 4.69) is 28.1 Å². The maximum absolute atomic E-state index is 9.35. The maximum atomic E-state index is 9.35. The smallest absolute Gasteiger partial charge is 0.164 e. The van der Waals surface area contributed by atoms with Gasteiger partial charge in [0.1, 0.15) is 11.7 Å². The molecule has 0 N–H and O–H groups in total. The summed E-state index contributed by atoms with van der Waals surface area (Å²) in [5, 5.41) is 10.4. The van der Waals surface area contributed by atoms with Crippen LogP contribution in [0.1, 0.15) is 36.9 Å². The molecule has 3 aromatic heterocycles. The lowest BCUT2D eigenvalue weighted by atomic mass is 9.72. The second-order valence-electron chi connectivity index (χ2n) is 8.31. The number of nitriles is 1. The van der Waals surface area contributed by atoms with Crippen LogP contribution >= 0.6 is 0 Å². The van der Waals surface area contributed by atoms with Crippen LogP contribution in [0, 0.1) is 16.7 Å². The minimum absolute atomic E-state index is 0.409. The Morgan fingerprint density at radius 1 is 1.10 bits per heavy atom. The number of aromatic nitrogens is 3. The molecule has 29 heavy (non-hydrogen) atoms. The lowest BCUT2D eigenvalue weighted by molar-refractivity contribution is -0.0218. The van der Waals surface area contributed by atoms with Crippen LogP contribution in [0.4, 0.5) is 0 Å². The van der Waals surface area contributed by atoms with Crippen molar-refractivity contribution in [2.45, 2.75) is 32.2 Å². The summed E-state index contributed by atoms with van der Waals surface area (Å²) in [6.45, 7) is 5.11. The lowest BCUT2D eigenvalue weighted by Gasteiger charge is -2.44. The molecule has 6 heteroatoms. The molecule has 0 radical (unpaired) electrons. The summed E-state index contributed by atoms with van der Waals surface area (Å²) in [4.78, 5) is 11.4. The Hall–Kier alpha value is -2.75. The van der Waals surface area contributed by atoms with Gasteiger partial charge in [-0.15, -0.1) is 0 Å². The van der Waals surface area contributed by atoms with Crippen molar-refractivity contribution in [3.8, 4) is 11.8 Å². The first-order valence-corrected chi connectivity index (χ1v) is 10.4. The Labute approximate surface area is 170 Å². The molecular weight excluding hydrogens is 362 g/mol. The maximum Gasteiger partial charge on any atom is 0.164 e. The number of hydrogen-bond donors (Lipinski definition) is 0. The zero-order valence-corrected chi connectivity index (χ0v) is 16.5. The van der Waals surface area contributed by atoms with Crippen molar-refractivity contribution in [2.75, 3.05) is 26.3 Å². The molecule has 5 rings (SSSR count). The standard InChI is InChI=1S/C23H25N5O/c24-15-20-21(2-1-8-25-20)28-9-3-19-14-18(16-26-22(19)28)17-27-10-4-23(5-11-27)6-12-29-13-7-23/h1-3,8-9,14,16H,4-7,10-13,17H2. The van der Waals surface area contributed by atoms with Gasteiger partial charge in [-0.3, -0.25) is 9.47 Å². The minimum Gasteiger partial charge on any atom is -0.381 e. The van der Waals surface area contributed by atoms with Crippen LogP contribution in [0.3, 0.4) is 0 Å². The van der Waals surface area contributed by atoms with Gasteiger partial charge in [-0.1, -0.05) is 0 Å². The van der Waals surface area contributed by atoms with E-state index in [0.717, 1.165) is 49.6 Å². The minimum atomic E-state index is 0.409. The van der Waals surface area contributed by atoms with E-state index in [0.29, 0.717) is 11.1 Å². The molecule has 5 heterocycles. The summed E-state index contributed by atoms with van der Waals surface area (Å²) in [5.41, 5.74) is 3.80. The Kier molecular flexibility index (Phi) is 4.78. The number of rotatable bonds is 3. The van der Waals surface area contributed by atoms with E-state index >= 15 is 0 Å². The molecule has 2 saturated heterocycles. The molecule has 0 atom stereocenters. The highest BCUT2D eigenvalue weighted by atomic mass is 16.5. The van der Waals surface area contributed by atoms with E-state index in [1.165, 1.54) is 31.2 Å². The van der Waals surface area contributed by atoms with Gasteiger partial charge >= 0.3 is 0 Å². The predicted molar refractivity (Wildman–Crippen MR) is 111 cm³/mol. The fraction of sp³-hybridized carbons (Fsp3) is 0.435. The van der Waals surface area contributed by atoms with Crippen molar-refractivity contribution in [3.63, 3.8) is 0 Å². The highest BCUT2D eigenvalue weighted by Crippen LogP contribution is 2.40. The number of likely N-dealkylation sites (tertiary alicyclic amines) is 1. The van der Waals surface area contributed by atoms with Crippen LogP contribution in [0.5, 0.6) is 0 Å². The van der Waals surface area contributed by atoms with Crippen LogP contribution < -0.4 is 0 Å². The van der Waals surface area contributed by atoms with Crippen molar-refractivity contribution in [1.29, 1.82) is 5.26 Å². The monoisotopic (exact) mass is 387 g/mol. The zero-order valence-electron chi connectivity index (χ0n) is 16.5. The zero-order chi connectivity index (χ0) is 19.7. The van der Waals surface area contributed by atoms with Crippen LogP contribution in [0.25, 0.3) is 16.7 Å². The molecule has 2 fully saturated rings. The molecule has 2 aliphatic rings. The Morgan fingerprint density at radius 2 is 1.93 bits per heavy atom. The highest BCUT2D eigenvalue weighted by Gasteiger charge is 2.35. The van der Waals surface area contributed by atoms with E-state index in [4.69, 9.17) is 9.72 Å². The summed E-state index contributed by atoms with van der Waals surface area (Å²) >= 11 is 0. The summed E-state index contributed by atoms with van der Waals surface area (Å²) in [5.74, 6) is 0. The quantitative estimate of drug-likeness (QED) is 0.686. The second kappa shape index (κ2) is 7.58. The number of fused-ring (bicyclic) bond motifs is 1. The van der Waals surface area contributed by atoms with Gasteiger partial charge in [0, 0.05) is 43.7 Å². The molecule has 0 bridgehead atoms. The van der Waals surface area contributed by atoms with Crippen molar-refractivity contribution in [3.05, 3.63) is 54.1 Å². The molecule has 0 aromatic carbocycles. The number of hydrogen-bond acceptors (Lipinski definition) is 5. The number of pyridine rings is 2. The summed E-state index contributed by atoms with van der Waals surface area (Å²) in [6.07, 6.45) is 10.6. The van der Waals surface area contributed by atoms with Gasteiger partial charge in [0.25, 0.3) is 0 Å². The van der Waals surface area contributed by atoms with Crippen molar-refractivity contribution < 1.29 is 4.74 Å². The normalized spacial score (nSPS) is 19.4. The van der Waals surface area contributed by atoms with Crippen molar-refractivity contribution >= 4 is 11.0 Å². The van der Waals surface area contributed by atoms with Gasteiger partial charge in [0.05, 0.1) is 5.69 Å². The fourth-order valence-electron chi connectivity index (χ4n) is 4.78. The number of nitrogens with zero attached hydrogens (tertiary/aromatic N) is 5. The van der Waals surface area contributed by atoms with Crippen LogP contribution in [-0.2, 0) is 11.3 Å². The van der Waals surface area contributed by atoms with Crippen LogP contribution in [0.2, 0.25) is 0 Å². The van der Waals surface area contributed by atoms with Gasteiger partial charge in [-0.25, -0.2) is 9.97 Å². The third kappa shape index (κ3) is 3.52. The van der Waals surface area contributed by atoms with Gasteiger partial charge in [-0.2, -0.15) is 5.26 Å². The first-order chi connectivity index (χ1) is 14.3. The first kappa shape index (κ1) is 18.3. The summed E-state index contributed by atoms with van der Waals surface area (Å²) in [7, 11) is 0. The second-order valence-corrected chi connectivity index (χ2v) is 8.31. The Balaban J connectivity index is 1.32. The average molecular weight is 387 g/mol. The van der Waals surface area contributed by atoms with Gasteiger partial charge < -0.3 is 4.74 Å². The molecular formula is C23H25N5O. The first-order valence-electron chi connectivity index (χ1n) is 10.4. The molecule has 148 valence electrons. The number of piperidine rings is 1. The topological polar surface area (TPSA) is 67.0 Å². The lowest BCUT2D eigenvalue weighted by Crippen LogP contribution is -2.42. The van der Waals surface area contributed by atoms with Crippen LogP contribution in [-0.4, -0.2) is 45.7 Å². The number of ether oxygens (including phenoxy) is 1. The van der Waals surface area contributed by atoms with Crippen LogP contribution in [0.15, 0.2) is 42.9 Å². The molecule has 0 amide bonds. The summed E-state index contributed by atoms with van der Waals surface area (Å²) in [6, 6.07) is 10.2. The van der Waals surface area contributed by atoms with Crippen molar-refractivity contribution in [1.82, 2.24) is 19.4 Å². The average Bonchev–Trinajstić information content (AvgIpc) is 3.19. The van der Waals surface area contributed by atoms with E-state index in [1.807, 2.05) is 29.1 Å². The highest BCUT2D eigenvalue weighted by molar-refractivity contribution is 5.79. The molecule has 3 aromatic rings. The van der Waals surface area contributed by atoms with E-state index in [1.54, 1.807) is 6.20 Å². The Bertz CT molecular complexity index is 1050. The third-order valence-corrected chi connectivity index (χ3v) is 6.61. The predicted octanol–water partition coefficient (Wildman–Crippen LogP) is 3.68. The SMILES string of the molecule is N#Cc1ncccc1-n1ccc2cc(CN3CCC4(CCOCC4)CC3)cnc21. The molecule has 0 saturated carbocycles. The van der Waals surface area contributed by atoms with E-state index in [9.17, 15) is 5.26 Å². The Morgan fingerprint density at radius 3 is 2.72 bits per heavy atom. The molecule has 0 unspecified atom stereocenters. The molecule has 2 aliphatic heterocycles. The third-order valence-electron chi connectivity index (χ3n) is 6.61. The molecule has 1 spiro atoms. The van der Waals surface area contributed by atoms with Gasteiger partial charge in [-0.05, 0) is 74.0 Å². The molecule has 6 nitrogen and oxygen atoms in total.